The fourth-order valence-corrected chi connectivity index (χ4v) is 2.02. The molecule has 0 radical (unpaired) electrons. The summed E-state index contributed by atoms with van der Waals surface area (Å²) in [5.74, 6) is 0.460. The van der Waals surface area contributed by atoms with Gasteiger partial charge < -0.3 is 0 Å². The lowest BCUT2D eigenvalue weighted by molar-refractivity contribution is 0.0416. The molecule has 2 rings (SSSR count). The van der Waals surface area contributed by atoms with Crippen LogP contribution in [0.5, 0.6) is 0 Å². The van der Waals surface area contributed by atoms with E-state index in [1.807, 2.05) is 6.08 Å². The van der Waals surface area contributed by atoms with Crippen molar-refractivity contribution in [3.05, 3.63) is 46.7 Å². The van der Waals surface area contributed by atoms with E-state index in [2.05, 4.69) is 37.5 Å². The predicted molar refractivity (Wildman–Crippen MR) is 61.7 cm³/mol. The number of benzene rings is 1. The van der Waals surface area contributed by atoms with E-state index >= 15 is 0 Å². The molecule has 0 fully saturated rings. The van der Waals surface area contributed by atoms with Gasteiger partial charge in [-0.25, -0.2) is 0 Å². The summed E-state index contributed by atoms with van der Waals surface area (Å²) < 4.78 is 0. The van der Waals surface area contributed by atoms with Crippen molar-refractivity contribution in [1.82, 2.24) is 5.48 Å². The number of hydroxylamine groups is 1. The minimum Gasteiger partial charge on any atom is -0.269 e. The van der Waals surface area contributed by atoms with Crippen molar-refractivity contribution >= 4 is 11.6 Å². The third-order valence-electron chi connectivity index (χ3n) is 2.64. The van der Waals surface area contributed by atoms with E-state index in [9.17, 15) is 0 Å². The summed E-state index contributed by atoms with van der Waals surface area (Å²) in [6, 6.07) is 6.25. The van der Waals surface area contributed by atoms with E-state index in [0.29, 0.717) is 5.88 Å². The molecule has 3 heteroatoms. The van der Waals surface area contributed by atoms with Gasteiger partial charge >= 0.3 is 0 Å². The van der Waals surface area contributed by atoms with E-state index in [1.54, 1.807) is 0 Å². The maximum Gasteiger partial charge on any atom is 0.131 e. The van der Waals surface area contributed by atoms with Crippen LogP contribution in [0.2, 0.25) is 0 Å². The van der Waals surface area contributed by atoms with E-state index in [-0.39, 0.29) is 6.10 Å². The number of rotatable bonds is 2. The molecular weight excluding hydrogens is 210 g/mol. The third kappa shape index (κ3) is 2.01. The molecular formula is C12H14ClNO. The first-order valence-corrected chi connectivity index (χ1v) is 5.50. The molecule has 1 N–H and O–H groups in total. The second-order valence-corrected chi connectivity index (χ2v) is 4.04. The zero-order valence-electron chi connectivity index (χ0n) is 8.88. The second-order valence-electron chi connectivity index (χ2n) is 3.77. The van der Waals surface area contributed by atoms with Gasteiger partial charge in [-0.1, -0.05) is 18.2 Å². The highest BCUT2D eigenvalue weighted by Crippen LogP contribution is 2.29. The first-order valence-electron chi connectivity index (χ1n) is 4.97. The molecule has 1 aliphatic rings. The van der Waals surface area contributed by atoms with Gasteiger partial charge in [-0.05, 0) is 36.6 Å². The summed E-state index contributed by atoms with van der Waals surface area (Å²) >= 11 is 5.73. The maximum atomic E-state index is 5.73. The standard InChI is InChI=1S/C12H14ClNO/c1-8-4-3-5-9(2)12(8)11-6-10(7-13)14-15-11/h3-6,11,14H,7H2,1-2H3. The van der Waals surface area contributed by atoms with Crippen molar-refractivity contribution in [2.75, 3.05) is 5.88 Å². The number of alkyl halides is 1. The number of halogens is 1. The van der Waals surface area contributed by atoms with Gasteiger partial charge in [-0.3, -0.25) is 10.3 Å². The van der Waals surface area contributed by atoms with Crippen molar-refractivity contribution in [2.45, 2.75) is 20.0 Å². The number of aryl methyl sites for hydroxylation is 2. The number of hydrogen-bond donors (Lipinski definition) is 1. The molecule has 1 aromatic carbocycles. The molecule has 15 heavy (non-hydrogen) atoms. The van der Waals surface area contributed by atoms with Crippen molar-refractivity contribution < 1.29 is 4.84 Å². The van der Waals surface area contributed by atoms with E-state index in [4.69, 9.17) is 16.4 Å². The Labute approximate surface area is 94.8 Å². The lowest BCUT2D eigenvalue weighted by Crippen LogP contribution is -2.10. The van der Waals surface area contributed by atoms with Gasteiger partial charge in [0, 0.05) is 0 Å². The highest BCUT2D eigenvalue weighted by molar-refractivity contribution is 6.19. The monoisotopic (exact) mass is 223 g/mol. The Hall–Kier alpha value is -0.990. The lowest BCUT2D eigenvalue weighted by Gasteiger charge is -2.13. The van der Waals surface area contributed by atoms with Crippen LogP contribution in [0, 0.1) is 13.8 Å². The number of nitrogens with one attached hydrogen (secondary N) is 1. The highest BCUT2D eigenvalue weighted by Gasteiger charge is 2.20. The molecule has 0 saturated carbocycles. The van der Waals surface area contributed by atoms with E-state index in [0.717, 1.165) is 5.70 Å². The van der Waals surface area contributed by atoms with Gasteiger partial charge in [0.25, 0.3) is 0 Å². The average Bonchev–Trinajstić information content (AvgIpc) is 2.66. The first-order chi connectivity index (χ1) is 7.22. The van der Waals surface area contributed by atoms with Crippen molar-refractivity contribution in [3.8, 4) is 0 Å². The van der Waals surface area contributed by atoms with Gasteiger partial charge in [0.15, 0.2) is 0 Å². The molecule has 1 atom stereocenters. The molecule has 0 spiro atoms. The molecule has 1 unspecified atom stereocenters. The Balaban J connectivity index is 2.35. The minimum absolute atomic E-state index is 0.0139. The first kappa shape index (κ1) is 10.5. The fraction of sp³-hybridized carbons (Fsp3) is 0.333. The Kier molecular flexibility index (Phi) is 2.98. The Bertz CT molecular complexity index is 380. The fourth-order valence-electron chi connectivity index (χ4n) is 1.88. The molecule has 80 valence electrons. The van der Waals surface area contributed by atoms with Crippen LogP contribution in [-0.2, 0) is 4.84 Å². The van der Waals surface area contributed by atoms with Gasteiger partial charge in [-0.2, -0.15) is 0 Å². The molecule has 1 heterocycles. The molecule has 0 amide bonds. The van der Waals surface area contributed by atoms with Gasteiger partial charge in [-0.15, -0.1) is 11.6 Å². The summed E-state index contributed by atoms with van der Waals surface area (Å²) in [7, 11) is 0. The summed E-state index contributed by atoms with van der Waals surface area (Å²) in [5.41, 5.74) is 7.49. The summed E-state index contributed by atoms with van der Waals surface area (Å²) in [6.45, 7) is 4.19. The van der Waals surface area contributed by atoms with Crippen LogP contribution in [0.1, 0.15) is 22.8 Å². The summed E-state index contributed by atoms with van der Waals surface area (Å²) in [4.78, 5) is 5.48. The molecule has 1 aromatic rings. The largest absolute Gasteiger partial charge is 0.269 e. The molecule has 2 nitrogen and oxygen atoms in total. The van der Waals surface area contributed by atoms with Crippen molar-refractivity contribution in [1.29, 1.82) is 0 Å². The molecule has 0 aromatic heterocycles. The van der Waals surface area contributed by atoms with Crippen LogP contribution < -0.4 is 5.48 Å². The molecule has 0 saturated heterocycles. The topological polar surface area (TPSA) is 21.3 Å². The highest BCUT2D eigenvalue weighted by atomic mass is 35.5. The van der Waals surface area contributed by atoms with Crippen LogP contribution in [0.4, 0.5) is 0 Å². The number of hydrogen-bond acceptors (Lipinski definition) is 2. The number of allylic oxidation sites excluding steroid dienone is 1. The smallest absolute Gasteiger partial charge is 0.131 e. The molecule has 0 aliphatic carbocycles. The van der Waals surface area contributed by atoms with Crippen molar-refractivity contribution in [2.24, 2.45) is 0 Å². The predicted octanol–water partition coefficient (Wildman–Crippen LogP) is 3.00. The van der Waals surface area contributed by atoms with Gasteiger partial charge in [0.2, 0.25) is 0 Å². The summed E-state index contributed by atoms with van der Waals surface area (Å²) in [5, 5.41) is 0. The zero-order valence-corrected chi connectivity index (χ0v) is 9.64. The van der Waals surface area contributed by atoms with Crippen LogP contribution in [0.3, 0.4) is 0 Å². The lowest BCUT2D eigenvalue weighted by atomic mass is 9.98. The second kappa shape index (κ2) is 4.25. The van der Waals surface area contributed by atoms with Gasteiger partial charge in [0.1, 0.15) is 6.10 Å². The quantitative estimate of drug-likeness (QED) is 0.779. The van der Waals surface area contributed by atoms with Crippen LogP contribution in [-0.4, -0.2) is 5.88 Å². The van der Waals surface area contributed by atoms with Crippen LogP contribution in [0.25, 0.3) is 0 Å². The van der Waals surface area contributed by atoms with Crippen LogP contribution in [0.15, 0.2) is 30.0 Å². The minimum atomic E-state index is -0.0139. The van der Waals surface area contributed by atoms with Crippen molar-refractivity contribution in [3.63, 3.8) is 0 Å². The Morgan fingerprint density at radius 1 is 1.33 bits per heavy atom. The maximum absolute atomic E-state index is 5.73. The average molecular weight is 224 g/mol. The third-order valence-corrected chi connectivity index (χ3v) is 2.93. The Morgan fingerprint density at radius 3 is 2.53 bits per heavy atom. The van der Waals surface area contributed by atoms with Crippen LogP contribution >= 0.6 is 11.6 Å². The van der Waals surface area contributed by atoms with E-state index in [1.165, 1.54) is 16.7 Å². The molecule has 0 bridgehead atoms. The zero-order chi connectivity index (χ0) is 10.8. The SMILES string of the molecule is Cc1cccc(C)c1C1C=C(CCl)NO1. The van der Waals surface area contributed by atoms with Gasteiger partial charge in [0.05, 0.1) is 11.6 Å². The molecule has 1 aliphatic heterocycles. The van der Waals surface area contributed by atoms with E-state index < -0.39 is 0 Å². The summed E-state index contributed by atoms with van der Waals surface area (Å²) in [6.07, 6.45) is 2.02. The normalized spacial score (nSPS) is 19.9. The Morgan fingerprint density at radius 2 is 2.00 bits per heavy atom.